The van der Waals surface area contributed by atoms with Gasteiger partial charge in [0.2, 0.25) is 0 Å². The normalized spacial score (nSPS) is 21.9. The van der Waals surface area contributed by atoms with Gasteiger partial charge in [0.25, 0.3) is 0 Å². The molecular weight excluding hydrogens is 396 g/mol. The largest absolute Gasteiger partial charge is 0.493 e. The van der Waals surface area contributed by atoms with Gasteiger partial charge >= 0.3 is 0 Å². The van der Waals surface area contributed by atoms with Crippen LogP contribution in [0, 0.1) is 0 Å². The lowest BCUT2D eigenvalue weighted by molar-refractivity contribution is 0.294. The van der Waals surface area contributed by atoms with Crippen LogP contribution >= 0.6 is 0 Å². The van der Waals surface area contributed by atoms with Gasteiger partial charge in [0.1, 0.15) is 0 Å². The highest BCUT2D eigenvalue weighted by molar-refractivity contribution is 6.14. The molecule has 168 valence electrons. The number of ether oxygens (including phenoxy) is 2. The van der Waals surface area contributed by atoms with E-state index in [1.165, 1.54) is 54.4 Å². The van der Waals surface area contributed by atoms with Crippen LogP contribution < -0.4 is 14.8 Å². The van der Waals surface area contributed by atoms with E-state index in [1.54, 1.807) is 14.2 Å². The first-order valence-corrected chi connectivity index (χ1v) is 11.9. The molecule has 0 radical (unpaired) electrons. The lowest BCUT2D eigenvalue weighted by Gasteiger charge is -2.39. The average Bonchev–Trinajstić information content (AvgIpc) is 2.78. The van der Waals surface area contributed by atoms with Gasteiger partial charge in [0, 0.05) is 22.4 Å². The van der Waals surface area contributed by atoms with Gasteiger partial charge in [-0.2, -0.15) is 0 Å². The van der Waals surface area contributed by atoms with Crippen LogP contribution in [0.2, 0.25) is 0 Å². The first-order valence-electron chi connectivity index (χ1n) is 11.9. The zero-order chi connectivity index (χ0) is 22.3. The number of nitrogens with zero attached hydrogens (tertiary/aromatic N) is 1. The van der Waals surface area contributed by atoms with Crippen LogP contribution in [0.4, 0.5) is 0 Å². The summed E-state index contributed by atoms with van der Waals surface area (Å²) in [7, 11) is 3.40. The predicted octanol–water partition coefficient (Wildman–Crippen LogP) is 5.72. The van der Waals surface area contributed by atoms with E-state index >= 15 is 0 Å². The van der Waals surface area contributed by atoms with Gasteiger partial charge in [-0.1, -0.05) is 43.5 Å². The average molecular weight is 431 g/mol. The monoisotopic (exact) mass is 430 g/mol. The molecule has 4 heteroatoms. The topological polar surface area (TPSA) is 42.9 Å². The van der Waals surface area contributed by atoms with Crippen molar-refractivity contribution in [1.82, 2.24) is 5.32 Å². The molecule has 2 aromatic carbocycles. The molecule has 1 spiro atoms. The maximum atomic E-state index is 5.63. The van der Waals surface area contributed by atoms with Crippen molar-refractivity contribution >= 4 is 11.4 Å². The number of methoxy groups -OCH3 is 2. The molecule has 0 saturated heterocycles. The second kappa shape index (κ2) is 7.99. The number of nitrogens with one attached hydrogen (secondary N) is 1. The number of allylic oxidation sites excluding steroid dienone is 1. The fourth-order valence-corrected chi connectivity index (χ4v) is 5.76. The lowest BCUT2D eigenvalue weighted by atomic mass is 9.74. The minimum absolute atomic E-state index is 0.0591. The summed E-state index contributed by atoms with van der Waals surface area (Å²) in [6.07, 6.45) is 10.5. The molecule has 1 aliphatic carbocycles. The standard InChI is InChI=1S/C28H34N2O2/c1-27(2)17-20-14-25(31-3)26(32-4)15-22(20)24(29-27)16-23-21-11-7-6-10-19(21)18-28(30-23)12-8-5-9-13-28/h6-7,10-11,14-16,29H,5,8-9,12-13,17-18H2,1-4H3. The van der Waals surface area contributed by atoms with Crippen LogP contribution in [0.5, 0.6) is 11.5 Å². The summed E-state index contributed by atoms with van der Waals surface area (Å²) in [5, 5.41) is 3.79. The number of hydrogen-bond donors (Lipinski definition) is 1. The van der Waals surface area contributed by atoms with Gasteiger partial charge in [0.15, 0.2) is 11.5 Å². The van der Waals surface area contributed by atoms with Gasteiger partial charge in [-0.25, -0.2) is 0 Å². The van der Waals surface area contributed by atoms with Crippen LogP contribution in [-0.4, -0.2) is 31.0 Å². The summed E-state index contributed by atoms with van der Waals surface area (Å²) < 4.78 is 11.2. The Labute approximate surface area is 191 Å². The van der Waals surface area contributed by atoms with Crippen molar-refractivity contribution in [2.45, 2.75) is 69.9 Å². The van der Waals surface area contributed by atoms with Crippen LogP contribution in [0.1, 0.15) is 68.2 Å². The minimum Gasteiger partial charge on any atom is -0.493 e. The van der Waals surface area contributed by atoms with Gasteiger partial charge in [-0.05, 0) is 68.9 Å². The molecule has 2 aromatic rings. The van der Waals surface area contributed by atoms with Gasteiger partial charge in [0.05, 0.1) is 25.5 Å². The molecule has 1 fully saturated rings. The highest BCUT2D eigenvalue weighted by Crippen LogP contribution is 2.41. The molecule has 0 amide bonds. The van der Waals surface area contributed by atoms with Crippen LogP contribution in [0.15, 0.2) is 47.5 Å². The number of aliphatic imine (C=N–C) groups is 1. The van der Waals surface area contributed by atoms with E-state index in [2.05, 4.69) is 61.6 Å². The molecule has 0 unspecified atom stereocenters. The van der Waals surface area contributed by atoms with Crippen molar-refractivity contribution < 1.29 is 9.47 Å². The zero-order valence-electron chi connectivity index (χ0n) is 19.8. The fourth-order valence-electron chi connectivity index (χ4n) is 5.76. The molecule has 0 bridgehead atoms. The van der Waals surface area contributed by atoms with Crippen molar-refractivity contribution in [2.24, 2.45) is 4.99 Å². The van der Waals surface area contributed by atoms with E-state index in [-0.39, 0.29) is 11.1 Å². The molecule has 2 aliphatic heterocycles. The molecule has 1 N–H and O–H groups in total. The Bertz CT molecular complexity index is 1090. The smallest absolute Gasteiger partial charge is 0.161 e. The first-order chi connectivity index (χ1) is 15.4. The molecule has 0 aromatic heterocycles. The maximum Gasteiger partial charge on any atom is 0.161 e. The van der Waals surface area contributed by atoms with E-state index < -0.39 is 0 Å². The summed E-state index contributed by atoms with van der Waals surface area (Å²) in [6, 6.07) is 13.0. The predicted molar refractivity (Wildman–Crippen MR) is 131 cm³/mol. The third kappa shape index (κ3) is 3.80. The van der Waals surface area contributed by atoms with Gasteiger partial charge < -0.3 is 14.8 Å². The second-order valence-corrected chi connectivity index (χ2v) is 10.2. The molecule has 0 atom stereocenters. The summed E-state index contributed by atoms with van der Waals surface area (Å²) in [5.74, 6) is 1.54. The highest BCUT2D eigenvalue weighted by Gasteiger charge is 2.36. The van der Waals surface area contributed by atoms with E-state index in [1.807, 2.05) is 0 Å². The lowest BCUT2D eigenvalue weighted by Crippen LogP contribution is -2.44. The third-order valence-corrected chi connectivity index (χ3v) is 7.24. The Morgan fingerprint density at radius 1 is 0.875 bits per heavy atom. The quantitative estimate of drug-likeness (QED) is 0.677. The van der Waals surface area contributed by atoms with Gasteiger partial charge in [-0.3, -0.25) is 4.99 Å². The number of hydrogen-bond acceptors (Lipinski definition) is 4. The SMILES string of the molecule is COc1cc2c(cc1OC)C(=CC1=NC3(CCCCC3)Cc3ccccc31)NC(C)(C)C2. The van der Waals surface area contributed by atoms with E-state index in [0.29, 0.717) is 0 Å². The van der Waals surface area contributed by atoms with E-state index in [0.717, 1.165) is 35.7 Å². The van der Waals surface area contributed by atoms with E-state index in [4.69, 9.17) is 14.5 Å². The Kier molecular flexibility index (Phi) is 5.27. The maximum absolute atomic E-state index is 5.63. The Morgan fingerprint density at radius 3 is 2.34 bits per heavy atom. The third-order valence-electron chi connectivity index (χ3n) is 7.24. The van der Waals surface area contributed by atoms with Crippen LogP contribution in [0.25, 0.3) is 5.70 Å². The fraction of sp³-hybridized carbons (Fsp3) is 0.464. The molecule has 32 heavy (non-hydrogen) atoms. The number of rotatable bonds is 3. The molecule has 2 heterocycles. The summed E-state index contributed by atoms with van der Waals surface area (Å²) >= 11 is 0. The molecule has 1 saturated carbocycles. The summed E-state index contributed by atoms with van der Waals surface area (Å²) in [6.45, 7) is 4.50. The molecule has 4 nitrogen and oxygen atoms in total. The number of fused-ring (bicyclic) bond motifs is 2. The van der Waals surface area contributed by atoms with E-state index in [9.17, 15) is 0 Å². The highest BCUT2D eigenvalue weighted by atomic mass is 16.5. The number of benzene rings is 2. The van der Waals surface area contributed by atoms with Crippen molar-refractivity contribution in [3.8, 4) is 11.5 Å². The van der Waals surface area contributed by atoms with Crippen molar-refractivity contribution in [3.05, 3.63) is 64.7 Å². The summed E-state index contributed by atoms with van der Waals surface area (Å²) in [4.78, 5) is 5.45. The second-order valence-electron chi connectivity index (χ2n) is 10.2. The summed E-state index contributed by atoms with van der Waals surface area (Å²) in [5.41, 5.74) is 7.36. The van der Waals surface area contributed by atoms with Crippen molar-refractivity contribution in [1.29, 1.82) is 0 Å². The minimum atomic E-state index is -0.0598. The Morgan fingerprint density at radius 2 is 1.59 bits per heavy atom. The van der Waals surface area contributed by atoms with Crippen LogP contribution in [0.3, 0.4) is 0 Å². The molecule has 5 rings (SSSR count). The van der Waals surface area contributed by atoms with Crippen molar-refractivity contribution in [2.75, 3.05) is 14.2 Å². The zero-order valence-corrected chi connectivity index (χ0v) is 19.8. The van der Waals surface area contributed by atoms with Crippen LogP contribution in [-0.2, 0) is 12.8 Å². The first kappa shape index (κ1) is 21.1. The molecular formula is C28H34N2O2. The molecule has 3 aliphatic rings. The Hall–Kier alpha value is -2.75. The Balaban J connectivity index is 1.66. The van der Waals surface area contributed by atoms with Crippen molar-refractivity contribution in [3.63, 3.8) is 0 Å². The van der Waals surface area contributed by atoms with Gasteiger partial charge in [-0.15, -0.1) is 0 Å².